The number of rotatable bonds is 1. The van der Waals surface area contributed by atoms with Crippen LogP contribution in [-0.2, 0) is 4.79 Å². The van der Waals surface area contributed by atoms with E-state index in [1.165, 1.54) is 4.90 Å². The SMILES string of the molecule is NC1CC2(CCC1F)CCN(c1cc(F)cc(F)c1)C2=O. The van der Waals surface area contributed by atoms with Gasteiger partial charge in [0.1, 0.15) is 17.8 Å². The lowest BCUT2D eigenvalue weighted by molar-refractivity contribution is -0.128. The van der Waals surface area contributed by atoms with E-state index >= 15 is 0 Å². The van der Waals surface area contributed by atoms with Gasteiger partial charge < -0.3 is 10.6 Å². The zero-order valence-electron chi connectivity index (χ0n) is 11.5. The molecule has 1 aromatic carbocycles. The Bertz CT molecular complexity index is 560. The first-order chi connectivity index (χ1) is 9.91. The van der Waals surface area contributed by atoms with Crippen LogP contribution in [0.5, 0.6) is 0 Å². The largest absolute Gasteiger partial charge is 0.325 e. The first-order valence-electron chi connectivity index (χ1n) is 7.09. The maximum atomic E-state index is 13.5. The third-order valence-corrected chi connectivity index (χ3v) is 4.66. The molecule has 3 rings (SSSR count). The molecule has 3 nitrogen and oxygen atoms in total. The average molecular weight is 298 g/mol. The van der Waals surface area contributed by atoms with Crippen LogP contribution >= 0.6 is 0 Å². The summed E-state index contributed by atoms with van der Waals surface area (Å²) in [5, 5.41) is 0. The molecule has 3 unspecified atom stereocenters. The molecule has 0 bridgehead atoms. The van der Waals surface area contributed by atoms with E-state index in [9.17, 15) is 18.0 Å². The molecule has 2 fully saturated rings. The highest BCUT2D eigenvalue weighted by Crippen LogP contribution is 2.46. The molecule has 0 aromatic heterocycles. The van der Waals surface area contributed by atoms with Crippen molar-refractivity contribution in [1.29, 1.82) is 0 Å². The summed E-state index contributed by atoms with van der Waals surface area (Å²) in [6.45, 7) is 0.380. The molecule has 2 aliphatic rings. The fourth-order valence-electron chi connectivity index (χ4n) is 3.49. The maximum absolute atomic E-state index is 13.5. The Morgan fingerprint density at radius 3 is 2.48 bits per heavy atom. The fourth-order valence-corrected chi connectivity index (χ4v) is 3.49. The number of carbonyl (C=O) groups is 1. The Balaban J connectivity index is 1.86. The van der Waals surface area contributed by atoms with Crippen LogP contribution in [0.15, 0.2) is 18.2 Å². The van der Waals surface area contributed by atoms with E-state index in [4.69, 9.17) is 5.73 Å². The third-order valence-electron chi connectivity index (χ3n) is 4.66. The van der Waals surface area contributed by atoms with Crippen LogP contribution in [0, 0.1) is 17.0 Å². The second-order valence-electron chi connectivity index (χ2n) is 6.04. The van der Waals surface area contributed by atoms with Gasteiger partial charge in [-0.2, -0.15) is 0 Å². The number of amides is 1. The lowest BCUT2D eigenvalue weighted by atomic mass is 9.70. The second kappa shape index (κ2) is 5.02. The fraction of sp³-hybridized carbons (Fsp3) is 0.533. The predicted octanol–water partition coefficient (Wildman–Crippen LogP) is 2.54. The number of carbonyl (C=O) groups excluding carboxylic acids is 1. The topological polar surface area (TPSA) is 46.3 Å². The minimum Gasteiger partial charge on any atom is -0.325 e. The summed E-state index contributed by atoms with van der Waals surface area (Å²) in [6, 6.07) is 2.40. The van der Waals surface area contributed by atoms with Gasteiger partial charge >= 0.3 is 0 Å². The zero-order valence-corrected chi connectivity index (χ0v) is 11.5. The summed E-state index contributed by atoms with van der Waals surface area (Å²) in [4.78, 5) is 14.0. The van der Waals surface area contributed by atoms with Crippen LogP contribution in [0.4, 0.5) is 18.9 Å². The predicted molar refractivity (Wildman–Crippen MR) is 72.5 cm³/mol. The summed E-state index contributed by atoms with van der Waals surface area (Å²) in [7, 11) is 0. The van der Waals surface area contributed by atoms with Gasteiger partial charge in [0.25, 0.3) is 0 Å². The van der Waals surface area contributed by atoms with Crippen molar-refractivity contribution in [2.24, 2.45) is 11.1 Å². The van der Waals surface area contributed by atoms with Crippen molar-refractivity contribution in [3.63, 3.8) is 0 Å². The second-order valence-corrected chi connectivity index (χ2v) is 6.04. The molecule has 1 aromatic rings. The van der Waals surface area contributed by atoms with Crippen LogP contribution in [0.1, 0.15) is 25.7 Å². The van der Waals surface area contributed by atoms with E-state index in [2.05, 4.69) is 0 Å². The van der Waals surface area contributed by atoms with Crippen LogP contribution in [-0.4, -0.2) is 24.7 Å². The number of alkyl halides is 1. The summed E-state index contributed by atoms with van der Waals surface area (Å²) in [6.07, 6.45) is 0.461. The summed E-state index contributed by atoms with van der Waals surface area (Å²) >= 11 is 0. The highest BCUT2D eigenvalue weighted by molar-refractivity contribution is 6.00. The first-order valence-corrected chi connectivity index (χ1v) is 7.09. The van der Waals surface area contributed by atoms with E-state index in [-0.39, 0.29) is 18.0 Å². The molecule has 1 heterocycles. The van der Waals surface area contributed by atoms with Crippen molar-refractivity contribution in [2.75, 3.05) is 11.4 Å². The number of halogens is 3. The lowest BCUT2D eigenvalue weighted by Gasteiger charge is -2.36. The van der Waals surface area contributed by atoms with Gasteiger partial charge in [0.2, 0.25) is 5.91 Å². The number of benzene rings is 1. The minimum absolute atomic E-state index is 0.199. The van der Waals surface area contributed by atoms with Gasteiger partial charge in [0, 0.05) is 24.3 Å². The Morgan fingerprint density at radius 2 is 1.86 bits per heavy atom. The Kier molecular flexibility index (Phi) is 3.43. The Hall–Kier alpha value is -1.56. The van der Waals surface area contributed by atoms with Gasteiger partial charge in [-0.3, -0.25) is 4.79 Å². The van der Waals surface area contributed by atoms with E-state index in [0.717, 1.165) is 18.2 Å². The van der Waals surface area contributed by atoms with Gasteiger partial charge in [-0.05, 0) is 37.8 Å². The molecular weight excluding hydrogens is 281 g/mol. The van der Waals surface area contributed by atoms with Gasteiger partial charge in [-0.25, -0.2) is 13.2 Å². The molecule has 114 valence electrons. The van der Waals surface area contributed by atoms with Crippen molar-refractivity contribution in [3.05, 3.63) is 29.8 Å². The number of hydrogen-bond acceptors (Lipinski definition) is 2. The Labute approximate surface area is 120 Å². The number of nitrogens with zero attached hydrogens (tertiary/aromatic N) is 1. The first kappa shape index (κ1) is 14.4. The molecule has 1 aliphatic heterocycles. The van der Waals surface area contributed by atoms with Gasteiger partial charge in [-0.15, -0.1) is 0 Å². The van der Waals surface area contributed by atoms with Gasteiger partial charge in [0.05, 0.1) is 5.41 Å². The lowest BCUT2D eigenvalue weighted by Crippen LogP contribution is -2.47. The summed E-state index contributed by atoms with van der Waals surface area (Å²) in [5.74, 6) is -1.64. The number of hydrogen-bond donors (Lipinski definition) is 1. The molecule has 1 saturated heterocycles. The van der Waals surface area contributed by atoms with Crippen LogP contribution in [0.25, 0.3) is 0 Å². The molecular formula is C15H17F3N2O. The summed E-state index contributed by atoms with van der Waals surface area (Å²) in [5.41, 5.74) is 5.30. The Morgan fingerprint density at radius 1 is 1.19 bits per heavy atom. The molecule has 0 radical (unpaired) electrons. The van der Waals surface area contributed by atoms with Crippen molar-refractivity contribution in [2.45, 2.75) is 37.9 Å². The van der Waals surface area contributed by atoms with Gasteiger partial charge in [0.15, 0.2) is 0 Å². The number of anilines is 1. The molecule has 1 aliphatic carbocycles. The molecule has 21 heavy (non-hydrogen) atoms. The van der Waals surface area contributed by atoms with Crippen LogP contribution in [0.3, 0.4) is 0 Å². The number of nitrogens with two attached hydrogens (primary N) is 1. The minimum atomic E-state index is -1.08. The quantitative estimate of drug-likeness (QED) is 0.866. The van der Waals surface area contributed by atoms with Crippen LogP contribution < -0.4 is 10.6 Å². The van der Waals surface area contributed by atoms with E-state index < -0.39 is 29.3 Å². The highest BCUT2D eigenvalue weighted by Gasteiger charge is 2.51. The normalized spacial score (nSPS) is 33.0. The van der Waals surface area contributed by atoms with Crippen molar-refractivity contribution >= 4 is 11.6 Å². The maximum Gasteiger partial charge on any atom is 0.233 e. The van der Waals surface area contributed by atoms with Crippen LogP contribution in [0.2, 0.25) is 0 Å². The zero-order chi connectivity index (χ0) is 15.2. The third kappa shape index (κ3) is 2.41. The van der Waals surface area contributed by atoms with Crippen molar-refractivity contribution in [1.82, 2.24) is 0 Å². The highest BCUT2D eigenvalue weighted by atomic mass is 19.1. The molecule has 3 atom stereocenters. The molecule has 1 saturated carbocycles. The van der Waals surface area contributed by atoms with E-state index in [1.54, 1.807) is 0 Å². The molecule has 1 amide bonds. The standard InChI is InChI=1S/C15H17F3N2O/c16-9-5-10(17)7-11(6-9)20-4-3-15(14(20)21)2-1-12(18)13(19)8-15/h5-7,12-13H,1-4,8,19H2. The summed E-state index contributed by atoms with van der Waals surface area (Å²) < 4.78 is 40.1. The monoisotopic (exact) mass is 298 g/mol. The smallest absolute Gasteiger partial charge is 0.233 e. The molecule has 1 spiro atoms. The van der Waals surface area contributed by atoms with Crippen molar-refractivity contribution in [3.8, 4) is 0 Å². The molecule has 2 N–H and O–H groups in total. The van der Waals surface area contributed by atoms with Gasteiger partial charge in [-0.1, -0.05) is 0 Å². The van der Waals surface area contributed by atoms with E-state index in [1.807, 2.05) is 0 Å². The van der Waals surface area contributed by atoms with Crippen molar-refractivity contribution < 1.29 is 18.0 Å². The van der Waals surface area contributed by atoms with E-state index in [0.29, 0.717) is 25.8 Å². The average Bonchev–Trinajstić information content (AvgIpc) is 2.71. The molecule has 6 heteroatoms.